The third-order valence-corrected chi connectivity index (χ3v) is 2.82. The van der Waals surface area contributed by atoms with Crippen LogP contribution in [-0.4, -0.2) is 15.8 Å². The van der Waals surface area contributed by atoms with Crippen LogP contribution in [0.5, 0.6) is 5.75 Å². The summed E-state index contributed by atoms with van der Waals surface area (Å²) in [4.78, 5) is 12.6. The molecule has 0 saturated carbocycles. The van der Waals surface area contributed by atoms with E-state index in [1.54, 1.807) is 30.3 Å². The first-order chi connectivity index (χ1) is 8.16. The zero-order valence-electron chi connectivity index (χ0n) is 9.09. The van der Waals surface area contributed by atoms with Gasteiger partial charge in [0, 0.05) is 16.9 Å². The summed E-state index contributed by atoms with van der Waals surface area (Å²) in [5, 5.41) is 9.31. The number of phenols is 1. The molecule has 1 aromatic carbocycles. The molecule has 1 aromatic rings. The highest BCUT2D eigenvalue weighted by Gasteiger charge is 2.16. The number of rotatable bonds is 3. The molecule has 0 unspecified atom stereocenters. The Labute approximate surface area is 105 Å². The summed E-state index contributed by atoms with van der Waals surface area (Å²) in [5.74, 6) is 0.0246. The number of phenolic OH excluding ortho intramolecular Hbond substituents is 1. The van der Waals surface area contributed by atoms with Gasteiger partial charge in [0.2, 0.25) is 0 Å². The Morgan fingerprint density at radius 2 is 2.24 bits per heavy atom. The van der Waals surface area contributed by atoms with Gasteiger partial charge < -0.3 is 5.11 Å². The Hall–Kier alpha value is -1.74. The number of hydrogen-bond donors (Lipinski definition) is 1. The van der Waals surface area contributed by atoms with E-state index in [9.17, 15) is 9.90 Å². The van der Waals surface area contributed by atoms with E-state index in [0.717, 1.165) is 0 Å². The second-order valence-electron chi connectivity index (χ2n) is 3.74. The van der Waals surface area contributed by atoms with Crippen LogP contribution in [0.2, 0.25) is 0 Å². The molecular weight excluding hydrogens is 232 g/mol. The van der Waals surface area contributed by atoms with Crippen molar-refractivity contribution in [3.63, 3.8) is 0 Å². The summed E-state index contributed by atoms with van der Waals surface area (Å²) in [5.41, 5.74) is 1.24. The highest BCUT2D eigenvalue weighted by Crippen LogP contribution is 2.17. The van der Waals surface area contributed by atoms with E-state index in [1.165, 1.54) is 6.42 Å². The SMILES string of the molecule is O=C([CH]c1cccc(O)c1)C1=CC=CCC1=S. The number of hydrogen-bond acceptors (Lipinski definition) is 3. The van der Waals surface area contributed by atoms with E-state index in [1.807, 2.05) is 12.2 Å². The van der Waals surface area contributed by atoms with Crippen LogP contribution in [0.4, 0.5) is 0 Å². The van der Waals surface area contributed by atoms with Crippen LogP contribution in [0.15, 0.2) is 48.1 Å². The van der Waals surface area contributed by atoms with Gasteiger partial charge in [-0.25, -0.2) is 0 Å². The molecule has 0 heterocycles. The second kappa shape index (κ2) is 5.06. The Morgan fingerprint density at radius 3 is 2.94 bits per heavy atom. The maximum absolute atomic E-state index is 12.0. The fourth-order valence-corrected chi connectivity index (χ4v) is 1.87. The molecule has 0 spiro atoms. The first kappa shape index (κ1) is 11.7. The first-order valence-electron chi connectivity index (χ1n) is 5.25. The van der Waals surface area contributed by atoms with Crippen molar-refractivity contribution in [2.75, 3.05) is 0 Å². The van der Waals surface area contributed by atoms with Crippen molar-refractivity contribution in [1.82, 2.24) is 0 Å². The van der Waals surface area contributed by atoms with Gasteiger partial charge >= 0.3 is 0 Å². The van der Waals surface area contributed by atoms with Gasteiger partial charge in [-0.05, 0) is 17.7 Å². The number of Topliss-reactive ketones (excluding diaryl/α,β-unsaturated/α-hetero) is 1. The first-order valence-corrected chi connectivity index (χ1v) is 5.66. The van der Waals surface area contributed by atoms with Crippen molar-refractivity contribution in [3.8, 4) is 5.75 Å². The van der Waals surface area contributed by atoms with Crippen molar-refractivity contribution in [3.05, 3.63) is 60.1 Å². The molecule has 1 aliphatic rings. The molecule has 0 fully saturated rings. The second-order valence-corrected chi connectivity index (χ2v) is 4.23. The van der Waals surface area contributed by atoms with E-state index in [0.29, 0.717) is 22.4 Å². The smallest absolute Gasteiger partial charge is 0.172 e. The number of thiocarbonyl (C=S) groups is 1. The van der Waals surface area contributed by atoms with Crippen LogP contribution < -0.4 is 0 Å². The molecule has 1 radical (unpaired) electrons. The van der Waals surface area contributed by atoms with Crippen molar-refractivity contribution >= 4 is 22.9 Å². The summed E-state index contributed by atoms with van der Waals surface area (Å²) in [6.07, 6.45) is 7.61. The quantitative estimate of drug-likeness (QED) is 0.829. The summed E-state index contributed by atoms with van der Waals surface area (Å²) in [7, 11) is 0. The van der Waals surface area contributed by atoms with Crippen LogP contribution in [0.1, 0.15) is 12.0 Å². The number of ketones is 1. The van der Waals surface area contributed by atoms with Gasteiger partial charge in [-0.1, -0.05) is 42.6 Å². The monoisotopic (exact) mass is 243 g/mol. The minimum absolute atomic E-state index is 0.120. The third kappa shape index (κ3) is 2.88. The van der Waals surface area contributed by atoms with Crippen molar-refractivity contribution in [1.29, 1.82) is 0 Å². The summed E-state index contributed by atoms with van der Waals surface area (Å²) < 4.78 is 0. The zero-order valence-corrected chi connectivity index (χ0v) is 9.91. The van der Waals surface area contributed by atoms with Crippen LogP contribution in [0.25, 0.3) is 0 Å². The predicted octanol–water partition coefficient (Wildman–Crippen LogP) is 2.77. The standard InChI is InChI=1S/C14H11O2S/c15-11-5-3-4-10(8-11)9-13(16)12-6-1-2-7-14(12)17/h1-6,8-9,15H,7H2. The normalized spacial score (nSPS) is 14.6. The summed E-state index contributed by atoms with van der Waals surface area (Å²) >= 11 is 5.14. The average Bonchev–Trinajstić information content (AvgIpc) is 2.29. The number of allylic oxidation sites excluding steroid dienone is 4. The number of carbonyl (C=O) groups is 1. The lowest BCUT2D eigenvalue weighted by Crippen LogP contribution is -2.13. The van der Waals surface area contributed by atoms with Gasteiger partial charge in [-0.3, -0.25) is 4.79 Å². The minimum atomic E-state index is -0.120. The largest absolute Gasteiger partial charge is 0.508 e. The van der Waals surface area contributed by atoms with E-state index >= 15 is 0 Å². The van der Waals surface area contributed by atoms with Gasteiger partial charge in [0.25, 0.3) is 0 Å². The Bertz CT molecular complexity index is 527. The van der Waals surface area contributed by atoms with Gasteiger partial charge in [0.1, 0.15) is 5.75 Å². The zero-order chi connectivity index (χ0) is 12.3. The minimum Gasteiger partial charge on any atom is -0.508 e. The van der Waals surface area contributed by atoms with Gasteiger partial charge in [-0.2, -0.15) is 0 Å². The third-order valence-electron chi connectivity index (χ3n) is 2.44. The molecule has 1 N–H and O–H groups in total. The lowest BCUT2D eigenvalue weighted by Gasteiger charge is -2.09. The van der Waals surface area contributed by atoms with Gasteiger partial charge in [0.15, 0.2) is 5.78 Å². The topological polar surface area (TPSA) is 37.3 Å². The van der Waals surface area contributed by atoms with Crippen molar-refractivity contribution in [2.24, 2.45) is 0 Å². The Morgan fingerprint density at radius 1 is 1.41 bits per heavy atom. The number of carbonyl (C=O) groups excluding carboxylic acids is 1. The van der Waals surface area contributed by atoms with Crippen molar-refractivity contribution < 1.29 is 9.90 Å². The van der Waals surface area contributed by atoms with E-state index in [2.05, 4.69) is 0 Å². The molecule has 0 atom stereocenters. The predicted molar refractivity (Wildman–Crippen MR) is 71.0 cm³/mol. The van der Waals surface area contributed by atoms with Crippen LogP contribution in [0.3, 0.4) is 0 Å². The fourth-order valence-electron chi connectivity index (χ4n) is 1.61. The molecule has 85 valence electrons. The maximum Gasteiger partial charge on any atom is 0.172 e. The van der Waals surface area contributed by atoms with Crippen LogP contribution in [0, 0.1) is 6.42 Å². The lowest BCUT2D eigenvalue weighted by molar-refractivity contribution is -0.111. The van der Waals surface area contributed by atoms with Crippen molar-refractivity contribution in [2.45, 2.75) is 6.42 Å². The Balaban J connectivity index is 2.14. The van der Waals surface area contributed by atoms with Crippen LogP contribution >= 0.6 is 12.2 Å². The van der Waals surface area contributed by atoms with E-state index in [4.69, 9.17) is 12.2 Å². The maximum atomic E-state index is 12.0. The molecule has 17 heavy (non-hydrogen) atoms. The molecule has 0 bridgehead atoms. The van der Waals surface area contributed by atoms with Gasteiger partial charge in [0.05, 0.1) is 6.42 Å². The molecule has 0 amide bonds. The van der Waals surface area contributed by atoms with E-state index < -0.39 is 0 Å². The molecule has 0 saturated heterocycles. The molecular formula is C14H11O2S. The molecule has 2 rings (SSSR count). The highest BCUT2D eigenvalue weighted by molar-refractivity contribution is 7.81. The summed E-state index contributed by atoms with van der Waals surface area (Å²) in [6.45, 7) is 0. The molecule has 3 heteroatoms. The average molecular weight is 243 g/mol. The highest BCUT2D eigenvalue weighted by atomic mass is 32.1. The molecule has 0 aromatic heterocycles. The Kier molecular flexibility index (Phi) is 3.49. The van der Waals surface area contributed by atoms with E-state index in [-0.39, 0.29) is 11.5 Å². The summed E-state index contributed by atoms with van der Waals surface area (Å²) in [6, 6.07) is 6.57. The van der Waals surface area contributed by atoms with Gasteiger partial charge in [-0.15, -0.1) is 0 Å². The molecule has 1 aliphatic carbocycles. The number of benzene rings is 1. The molecule has 2 nitrogen and oxygen atoms in total. The number of aromatic hydroxyl groups is 1. The molecule has 0 aliphatic heterocycles. The fraction of sp³-hybridized carbons (Fsp3) is 0.0714. The lowest BCUT2D eigenvalue weighted by atomic mass is 9.96. The van der Waals surface area contributed by atoms with Crippen LogP contribution in [-0.2, 0) is 4.79 Å².